The van der Waals surface area contributed by atoms with E-state index in [1.165, 1.54) is 7.11 Å². The van der Waals surface area contributed by atoms with E-state index in [0.717, 1.165) is 11.1 Å². The number of ketones is 1. The molecule has 1 amide bonds. The molecule has 6 nitrogen and oxygen atoms in total. The van der Waals surface area contributed by atoms with E-state index >= 15 is 0 Å². The van der Waals surface area contributed by atoms with Crippen LogP contribution in [0.5, 0.6) is 0 Å². The Morgan fingerprint density at radius 1 is 0.963 bits per heavy atom. The van der Waals surface area contributed by atoms with Gasteiger partial charge in [0, 0.05) is 43.9 Å². The Balaban J connectivity index is 1.97. The molecule has 2 rings (SSSR count). The lowest BCUT2D eigenvalue weighted by atomic mass is 10.0. The third-order valence-electron chi connectivity index (χ3n) is 4.23. The summed E-state index contributed by atoms with van der Waals surface area (Å²) in [6, 6.07) is 10.9. The molecule has 0 unspecified atom stereocenters. The van der Waals surface area contributed by atoms with Crippen molar-refractivity contribution in [3.8, 4) is 0 Å². The van der Waals surface area contributed by atoms with E-state index in [4.69, 9.17) is 0 Å². The molecule has 0 bridgehead atoms. The van der Waals surface area contributed by atoms with Gasteiger partial charge in [0.05, 0.1) is 13.5 Å². The second kappa shape index (κ2) is 10.2. The molecule has 0 fully saturated rings. The van der Waals surface area contributed by atoms with Gasteiger partial charge in [-0.25, -0.2) is 0 Å². The number of ether oxygens (including phenoxy) is 1. The summed E-state index contributed by atoms with van der Waals surface area (Å²) < 4.78 is 4.66. The molecular formula is C21H24N2O4. The molecule has 27 heavy (non-hydrogen) atoms. The van der Waals surface area contributed by atoms with Gasteiger partial charge in [-0.05, 0) is 24.6 Å². The molecule has 6 heteroatoms. The van der Waals surface area contributed by atoms with Crippen molar-refractivity contribution in [3.05, 3.63) is 65.5 Å². The molecule has 0 aliphatic carbocycles. The van der Waals surface area contributed by atoms with Gasteiger partial charge in [-0.2, -0.15) is 0 Å². The van der Waals surface area contributed by atoms with Crippen molar-refractivity contribution in [3.63, 3.8) is 0 Å². The van der Waals surface area contributed by atoms with E-state index in [-0.39, 0.29) is 43.5 Å². The van der Waals surface area contributed by atoms with Crippen LogP contribution in [0.2, 0.25) is 0 Å². The quantitative estimate of drug-likeness (QED) is 0.502. The molecule has 0 aliphatic heterocycles. The maximum Gasteiger partial charge on any atom is 0.307 e. The van der Waals surface area contributed by atoms with Crippen molar-refractivity contribution < 1.29 is 19.1 Å². The zero-order chi connectivity index (χ0) is 19.6. The van der Waals surface area contributed by atoms with Crippen molar-refractivity contribution in [2.45, 2.75) is 32.7 Å². The van der Waals surface area contributed by atoms with Gasteiger partial charge in [0.1, 0.15) is 0 Å². The number of benzene rings is 1. The number of methoxy groups -OCH3 is 1. The SMILES string of the molecule is COC(=O)CCN(Cc1ccncc1)C(=O)CCC(=O)c1ccc(C)cc1. The molecule has 0 aliphatic rings. The fourth-order valence-corrected chi connectivity index (χ4v) is 2.59. The van der Waals surface area contributed by atoms with Crippen LogP contribution in [0.1, 0.15) is 40.7 Å². The lowest BCUT2D eigenvalue weighted by molar-refractivity contribution is -0.142. The second-order valence-corrected chi connectivity index (χ2v) is 6.29. The van der Waals surface area contributed by atoms with E-state index in [1.807, 2.05) is 31.2 Å². The molecule has 142 valence electrons. The van der Waals surface area contributed by atoms with Gasteiger partial charge in [-0.1, -0.05) is 29.8 Å². The van der Waals surface area contributed by atoms with Crippen molar-refractivity contribution in [1.82, 2.24) is 9.88 Å². The minimum atomic E-state index is -0.377. The molecule has 1 aromatic heterocycles. The summed E-state index contributed by atoms with van der Waals surface area (Å²) in [7, 11) is 1.32. The highest BCUT2D eigenvalue weighted by molar-refractivity contribution is 5.98. The van der Waals surface area contributed by atoms with Gasteiger partial charge in [0.2, 0.25) is 5.91 Å². The Labute approximate surface area is 159 Å². The van der Waals surface area contributed by atoms with E-state index in [2.05, 4.69) is 9.72 Å². The number of rotatable bonds is 9. The van der Waals surface area contributed by atoms with Crippen LogP contribution in [0.4, 0.5) is 0 Å². The molecule has 0 saturated heterocycles. The lowest BCUT2D eigenvalue weighted by Crippen LogP contribution is -2.33. The van der Waals surface area contributed by atoms with Gasteiger partial charge in [0.15, 0.2) is 5.78 Å². The summed E-state index contributed by atoms with van der Waals surface area (Å²) >= 11 is 0. The average molecular weight is 368 g/mol. The van der Waals surface area contributed by atoms with Crippen LogP contribution in [-0.2, 0) is 20.9 Å². The van der Waals surface area contributed by atoms with Crippen molar-refractivity contribution >= 4 is 17.7 Å². The number of aryl methyl sites for hydroxylation is 1. The molecule has 1 heterocycles. The van der Waals surface area contributed by atoms with E-state index in [0.29, 0.717) is 12.1 Å². The third kappa shape index (κ3) is 6.66. The van der Waals surface area contributed by atoms with E-state index in [1.54, 1.807) is 29.4 Å². The van der Waals surface area contributed by atoms with Gasteiger partial charge < -0.3 is 9.64 Å². The Kier molecular flexibility index (Phi) is 7.67. The number of esters is 1. The van der Waals surface area contributed by atoms with E-state index in [9.17, 15) is 14.4 Å². The average Bonchev–Trinajstić information content (AvgIpc) is 2.70. The zero-order valence-electron chi connectivity index (χ0n) is 15.7. The first-order valence-corrected chi connectivity index (χ1v) is 8.83. The van der Waals surface area contributed by atoms with Crippen LogP contribution in [0.15, 0.2) is 48.8 Å². The number of carbonyl (C=O) groups is 3. The smallest absolute Gasteiger partial charge is 0.307 e. The Bertz CT molecular complexity index is 773. The fraction of sp³-hybridized carbons (Fsp3) is 0.333. The van der Waals surface area contributed by atoms with Gasteiger partial charge in [-0.15, -0.1) is 0 Å². The molecule has 0 spiro atoms. The summed E-state index contributed by atoms with van der Waals surface area (Å²) in [5.74, 6) is -0.616. The molecular weight excluding hydrogens is 344 g/mol. The number of hydrogen-bond donors (Lipinski definition) is 0. The van der Waals surface area contributed by atoms with Crippen LogP contribution >= 0.6 is 0 Å². The monoisotopic (exact) mass is 368 g/mol. The van der Waals surface area contributed by atoms with Gasteiger partial charge in [-0.3, -0.25) is 19.4 Å². The number of amides is 1. The third-order valence-corrected chi connectivity index (χ3v) is 4.23. The maximum absolute atomic E-state index is 12.6. The number of Topliss-reactive ketones (excluding diaryl/α,β-unsaturated/α-hetero) is 1. The van der Waals surface area contributed by atoms with Crippen molar-refractivity contribution in [2.75, 3.05) is 13.7 Å². The Hall–Kier alpha value is -3.02. The summed E-state index contributed by atoms with van der Waals surface area (Å²) in [4.78, 5) is 41.9. The summed E-state index contributed by atoms with van der Waals surface area (Å²) in [6.07, 6.45) is 3.64. The summed E-state index contributed by atoms with van der Waals surface area (Å²) in [5.41, 5.74) is 2.59. The first-order chi connectivity index (χ1) is 13.0. The molecule has 1 aromatic carbocycles. The maximum atomic E-state index is 12.6. The standard InChI is InChI=1S/C21H24N2O4/c1-16-3-5-18(6-4-16)19(24)7-8-20(25)23(14-11-21(26)27-2)15-17-9-12-22-13-10-17/h3-6,9-10,12-13H,7-8,11,14-15H2,1-2H3. The highest BCUT2D eigenvalue weighted by atomic mass is 16.5. The minimum Gasteiger partial charge on any atom is -0.469 e. The van der Waals surface area contributed by atoms with Gasteiger partial charge >= 0.3 is 5.97 Å². The highest BCUT2D eigenvalue weighted by Gasteiger charge is 2.17. The molecule has 0 N–H and O–H groups in total. The number of aromatic nitrogens is 1. The van der Waals surface area contributed by atoms with Crippen LogP contribution in [0.3, 0.4) is 0 Å². The Morgan fingerprint density at radius 3 is 2.26 bits per heavy atom. The highest BCUT2D eigenvalue weighted by Crippen LogP contribution is 2.11. The predicted octanol–water partition coefficient (Wildman–Crippen LogP) is 2.94. The van der Waals surface area contributed by atoms with Gasteiger partial charge in [0.25, 0.3) is 0 Å². The fourth-order valence-electron chi connectivity index (χ4n) is 2.59. The van der Waals surface area contributed by atoms with Crippen LogP contribution in [0, 0.1) is 6.92 Å². The minimum absolute atomic E-state index is 0.0693. The van der Waals surface area contributed by atoms with Crippen molar-refractivity contribution in [2.24, 2.45) is 0 Å². The molecule has 2 aromatic rings. The Morgan fingerprint density at radius 2 is 1.63 bits per heavy atom. The zero-order valence-corrected chi connectivity index (χ0v) is 15.7. The summed E-state index contributed by atoms with van der Waals surface area (Å²) in [5, 5.41) is 0. The number of pyridine rings is 1. The van der Waals surface area contributed by atoms with E-state index < -0.39 is 0 Å². The number of carbonyl (C=O) groups excluding carboxylic acids is 3. The molecule has 0 radical (unpaired) electrons. The first-order valence-electron chi connectivity index (χ1n) is 8.83. The summed E-state index contributed by atoms with van der Waals surface area (Å²) in [6.45, 7) is 2.56. The first kappa shape index (κ1) is 20.3. The second-order valence-electron chi connectivity index (χ2n) is 6.29. The lowest BCUT2D eigenvalue weighted by Gasteiger charge is -2.22. The largest absolute Gasteiger partial charge is 0.469 e. The molecule has 0 saturated carbocycles. The van der Waals surface area contributed by atoms with Crippen LogP contribution in [0.25, 0.3) is 0 Å². The normalized spacial score (nSPS) is 10.3. The van der Waals surface area contributed by atoms with Crippen molar-refractivity contribution in [1.29, 1.82) is 0 Å². The number of hydrogen-bond acceptors (Lipinski definition) is 5. The van der Waals surface area contributed by atoms with Crippen LogP contribution in [-0.4, -0.2) is 41.2 Å². The number of nitrogens with zero attached hydrogens (tertiary/aromatic N) is 2. The van der Waals surface area contributed by atoms with Crippen LogP contribution < -0.4 is 0 Å². The molecule has 0 atom stereocenters. The topological polar surface area (TPSA) is 76.6 Å². The predicted molar refractivity (Wildman–Crippen MR) is 101 cm³/mol.